The molecule has 5 nitrogen and oxygen atoms in total. The minimum absolute atomic E-state index is 0.0243. The third-order valence-electron chi connectivity index (χ3n) is 5.63. The third kappa shape index (κ3) is 4.09. The molecule has 0 atom stereocenters. The quantitative estimate of drug-likeness (QED) is 0.645. The van der Waals surface area contributed by atoms with Gasteiger partial charge in [0.1, 0.15) is 5.76 Å². The van der Waals surface area contributed by atoms with Crippen molar-refractivity contribution in [2.75, 3.05) is 5.32 Å². The molecule has 5 heteroatoms. The van der Waals surface area contributed by atoms with Crippen LogP contribution < -0.4 is 10.6 Å². The van der Waals surface area contributed by atoms with Crippen LogP contribution in [0.25, 0.3) is 0 Å². The highest BCUT2D eigenvalue weighted by molar-refractivity contribution is 6.00. The predicted molar refractivity (Wildman–Crippen MR) is 112 cm³/mol. The lowest BCUT2D eigenvalue weighted by atomic mass is 9.78. The second kappa shape index (κ2) is 8.35. The maximum atomic E-state index is 13.2. The average molecular weight is 388 g/mol. The van der Waals surface area contributed by atoms with E-state index in [4.69, 9.17) is 4.42 Å². The van der Waals surface area contributed by atoms with Gasteiger partial charge in [0.25, 0.3) is 5.91 Å². The van der Waals surface area contributed by atoms with E-state index in [1.807, 2.05) is 36.4 Å². The Morgan fingerprint density at radius 2 is 1.62 bits per heavy atom. The van der Waals surface area contributed by atoms with Gasteiger partial charge in [-0.25, -0.2) is 0 Å². The smallest absolute Gasteiger partial charge is 0.251 e. The summed E-state index contributed by atoms with van der Waals surface area (Å²) in [5, 5.41) is 5.87. The van der Waals surface area contributed by atoms with Crippen molar-refractivity contribution in [1.82, 2.24) is 5.32 Å². The van der Waals surface area contributed by atoms with E-state index < -0.39 is 5.41 Å². The molecule has 0 unspecified atom stereocenters. The number of benzene rings is 2. The van der Waals surface area contributed by atoms with Crippen LogP contribution in [0.5, 0.6) is 0 Å². The number of amides is 2. The lowest BCUT2D eigenvalue weighted by molar-refractivity contribution is -0.121. The zero-order valence-corrected chi connectivity index (χ0v) is 16.2. The molecule has 0 radical (unpaired) electrons. The molecule has 4 rings (SSSR count). The average Bonchev–Trinajstić information content (AvgIpc) is 3.46. The van der Waals surface area contributed by atoms with Crippen LogP contribution in [0.3, 0.4) is 0 Å². The zero-order chi connectivity index (χ0) is 20.1. The number of carbonyl (C=O) groups excluding carboxylic acids is 2. The fraction of sp³-hybridized carbons (Fsp3) is 0.250. The van der Waals surface area contributed by atoms with Gasteiger partial charge >= 0.3 is 0 Å². The van der Waals surface area contributed by atoms with E-state index in [0.717, 1.165) is 31.2 Å². The molecule has 0 bridgehead atoms. The van der Waals surface area contributed by atoms with Gasteiger partial charge in [0, 0.05) is 11.3 Å². The predicted octanol–water partition coefficient (Wildman–Crippen LogP) is 4.66. The van der Waals surface area contributed by atoms with Gasteiger partial charge in [-0.2, -0.15) is 0 Å². The summed E-state index contributed by atoms with van der Waals surface area (Å²) >= 11 is 0. The minimum atomic E-state index is -0.472. The van der Waals surface area contributed by atoms with Gasteiger partial charge in [-0.15, -0.1) is 0 Å². The highest BCUT2D eigenvalue weighted by atomic mass is 16.3. The Bertz CT molecular complexity index is 957. The number of rotatable bonds is 6. The van der Waals surface area contributed by atoms with Crippen LogP contribution in [0.1, 0.15) is 47.4 Å². The summed E-state index contributed by atoms with van der Waals surface area (Å²) in [6.45, 7) is 0.337. The van der Waals surface area contributed by atoms with Crippen LogP contribution in [-0.4, -0.2) is 11.8 Å². The fourth-order valence-electron chi connectivity index (χ4n) is 4.02. The number of carbonyl (C=O) groups is 2. The summed E-state index contributed by atoms with van der Waals surface area (Å²) in [5.74, 6) is 0.539. The van der Waals surface area contributed by atoms with Crippen molar-refractivity contribution < 1.29 is 14.0 Å². The maximum absolute atomic E-state index is 13.2. The molecule has 148 valence electrons. The molecule has 0 aliphatic heterocycles. The van der Waals surface area contributed by atoms with E-state index >= 15 is 0 Å². The highest BCUT2D eigenvalue weighted by Gasteiger charge is 2.42. The van der Waals surface area contributed by atoms with E-state index in [2.05, 4.69) is 10.6 Å². The first-order chi connectivity index (χ1) is 14.2. The Morgan fingerprint density at radius 1 is 0.897 bits per heavy atom. The van der Waals surface area contributed by atoms with Crippen molar-refractivity contribution in [3.05, 3.63) is 89.9 Å². The van der Waals surface area contributed by atoms with Crippen LogP contribution in [0.2, 0.25) is 0 Å². The molecule has 1 aliphatic rings. The Balaban J connectivity index is 1.42. The molecule has 2 N–H and O–H groups in total. The first-order valence-corrected chi connectivity index (χ1v) is 9.95. The van der Waals surface area contributed by atoms with E-state index in [9.17, 15) is 9.59 Å². The Hall–Kier alpha value is -3.34. The molecule has 0 spiro atoms. The molecular formula is C24H24N2O3. The summed E-state index contributed by atoms with van der Waals surface area (Å²) in [6, 6.07) is 20.6. The minimum Gasteiger partial charge on any atom is -0.467 e. The van der Waals surface area contributed by atoms with Crippen LogP contribution in [-0.2, 0) is 16.8 Å². The number of anilines is 1. The van der Waals surface area contributed by atoms with Crippen molar-refractivity contribution in [3.63, 3.8) is 0 Å². The van der Waals surface area contributed by atoms with Gasteiger partial charge in [-0.05, 0) is 54.8 Å². The molecular weight excluding hydrogens is 364 g/mol. The van der Waals surface area contributed by atoms with Crippen molar-refractivity contribution >= 4 is 17.5 Å². The first-order valence-electron chi connectivity index (χ1n) is 9.95. The Morgan fingerprint density at radius 3 is 2.28 bits per heavy atom. The molecule has 1 fully saturated rings. The maximum Gasteiger partial charge on any atom is 0.251 e. The lowest BCUT2D eigenvalue weighted by Crippen LogP contribution is -2.37. The lowest BCUT2D eigenvalue weighted by Gasteiger charge is -2.28. The second-order valence-electron chi connectivity index (χ2n) is 7.45. The molecule has 2 aromatic carbocycles. The van der Waals surface area contributed by atoms with Crippen LogP contribution >= 0.6 is 0 Å². The summed E-state index contributed by atoms with van der Waals surface area (Å²) in [6.07, 6.45) is 5.39. The number of nitrogens with one attached hydrogen (secondary N) is 2. The summed E-state index contributed by atoms with van der Waals surface area (Å²) in [5.41, 5.74) is 1.83. The molecule has 3 aromatic rings. The van der Waals surface area contributed by atoms with Crippen molar-refractivity contribution in [2.45, 2.75) is 37.6 Å². The van der Waals surface area contributed by atoms with Crippen LogP contribution in [0.15, 0.2) is 77.4 Å². The molecule has 0 saturated heterocycles. The van der Waals surface area contributed by atoms with Gasteiger partial charge in [0.15, 0.2) is 0 Å². The zero-order valence-electron chi connectivity index (χ0n) is 16.2. The third-order valence-corrected chi connectivity index (χ3v) is 5.63. The number of hydrogen-bond acceptors (Lipinski definition) is 3. The number of hydrogen-bond donors (Lipinski definition) is 2. The van der Waals surface area contributed by atoms with Crippen LogP contribution in [0, 0.1) is 0 Å². The van der Waals surface area contributed by atoms with Crippen LogP contribution in [0.4, 0.5) is 5.69 Å². The highest BCUT2D eigenvalue weighted by Crippen LogP contribution is 2.42. The molecule has 1 saturated carbocycles. The molecule has 29 heavy (non-hydrogen) atoms. The van der Waals surface area contributed by atoms with Gasteiger partial charge in [-0.1, -0.05) is 43.2 Å². The van der Waals surface area contributed by atoms with Gasteiger partial charge in [0.05, 0.1) is 18.2 Å². The van der Waals surface area contributed by atoms with Crippen molar-refractivity contribution in [2.24, 2.45) is 0 Å². The van der Waals surface area contributed by atoms with E-state index in [-0.39, 0.29) is 11.8 Å². The molecule has 1 aromatic heterocycles. The Kier molecular flexibility index (Phi) is 5.47. The van der Waals surface area contributed by atoms with Crippen molar-refractivity contribution in [3.8, 4) is 0 Å². The Labute approximate surface area is 170 Å². The van der Waals surface area contributed by atoms with E-state index in [0.29, 0.717) is 23.6 Å². The monoisotopic (exact) mass is 388 g/mol. The summed E-state index contributed by atoms with van der Waals surface area (Å²) < 4.78 is 5.22. The normalized spacial score (nSPS) is 15.0. The van der Waals surface area contributed by atoms with E-state index in [1.165, 1.54) is 0 Å². The largest absolute Gasteiger partial charge is 0.467 e. The SMILES string of the molecule is O=C(NCc1ccco1)c1ccc(NC(=O)C2(c3ccccc3)CCCC2)cc1. The van der Waals surface area contributed by atoms with E-state index in [1.54, 1.807) is 36.6 Å². The fourth-order valence-corrected chi connectivity index (χ4v) is 4.02. The molecule has 1 aliphatic carbocycles. The van der Waals surface area contributed by atoms with Crippen molar-refractivity contribution in [1.29, 1.82) is 0 Å². The summed E-state index contributed by atoms with van der Waals surface area (Å²) in [7, 11) is 0. The number of furan rings is 1. The first kappa shape index (κ1) is 19.0. The molecule has 1 heterocycles. The topological polar surface area (TPSA) is 71.3 Å². The molecule has 2 amide bonds. The van der Waals surface area contributed by atoms with Gasteiger partial charge in [0.2, 0.25) is 5.91 Å². The summed E-state index contributed by atoms with van der Waals surface area (Å²) in [4.78, 5) is 25.5. The standard InChI is InChI=1S/C24H24N2O3/c27-22(25-17-21-9-6-16-29-21)18-10-12-20(13-11-18)26-23(28)24(14-4-5-15-24)19-7-2-1-3-8-19/h1-3,6-13,16H,4-5,14-15,17H2,(H,25,27)(H,26,28). The van der Waals surface area contributed by atoms with Gasteiger partial charge < -0.3 is 15.1 Å². The second-order valence-corrected chi connectivity index (χ2v) is 7.45. The van der Waals surface area contributed by atoms with Gasteiger partial charge in [-0.3, -0.25) is 9.59 Å².